The number of rotatable bonds is 5. The lowest BCUT2D eigenvalue weighted by Crippen LogP contribution is -1.87. The zero-order chi connectivity index (χ0) is 19.4. The predicted molar refractivity (Wildman–Crippen MR) is 101 cm³/mol. The zero-order valence-corrected chi connectivity index (χ0v) is 14.6. The van der Waals surface area contributed by atoms with Gasteiger partial charge in [0, 0.05) is 35.7 Å². The van der Waals surface area contributed by atoms with E-state index in [0.717, 1.165) is 5.69 Å². The number of H-pyrrole nitrogens is 1. The van der Waals surface area contributed by atoms with Crippen molar-refractivity contribution in [2.45, 2.75) is 13.8 Å². The number of aryl methyl sites for hydroxylation is 2. The molecule has 0 saturated carbocycles. The molecule has 0 aliphatic rings. The van der Waals surface area contributed by atoms with Crippen LogP contribution in [0.1, 0.15) is 16.8 Å². The Balaban J connectivity index is 1.82. The van der Waals surface area contributed by atoms with Crippen molar-refractivity contribution in [1.82, 2.24) is 10.2 Å². The Hall–Kier alpha value is -3.88. The first-order valence-electron chi connectivity index (χ1n) is 7.98. The minimum absolute atomic E-state index is 0.00295. The summed E-state index contributed by atoms with van der Waals surface area (Å²) >= 11 is 0. The number of hydrogen-bond acceptors (Lipinski definition) is 7. The summed E-state index contributed by atoms with van der Waals surface area (Å²) in [4.78, 5) is 14.5. The molecule has 3 aromatic rings. The van der Waals surface area contributed by atoms with Crippen molar-refractivity contribution in [3.8, 4) is 5.75 Å². The second-order valence-electron chi connectivity index (χ2n) is 5.84. The number of aromatic hydroxyl groups is 1. The van der Waals surface area contributed by atoms with Crippen LogP contribution in [0.4, 0.5) is 22.9 Å². The third kappa shape index (κ3) is 4.40. The molecular weight excluding hydrogens is 348 g/mol. The standard InChI is InChI=1S/C18H16N6O3/c1-11-7-15(24(26)27)4-5-16(11)22-21-14-3-6-17(25)13(9-14)10-19-18-8-12(2)20-23-18/h3-10,25H,1-2H3,(H,20,23). The number of phenols is 1. The SMILES string of the molecule is Cc1cc(N=Cc2cc(N=Nc3ccc([N+](=O)[O-])cc3C)ccc2O)n[nH]1. The molecule has 9 nitrogen and oxygen atoms in total. The number of azo groups is 1. The van der Waals surface area contributed by atoms with E-state index in [1.165, 1.54) is 24.4 Å². The van der Waals surface area contributed by atoms with Crippen molar-refractivity contribution in [2.75, 3.05) is 0 Å². The smallest absolute Gasteiger partial charge is 0.269 e. The lowest BCUT2D eigenvalue weighted by atomic mass is 10.2. The van der Waals surface area contributed by atoms with Gasteiger partial charge in [0.25, 0.3) is 5.69 Å². The molecule has 0 aliphatic carbocycles. The molecule has 3 rings (SSSR count). The number of aromatic amines is 1. The van der Waals surface area contributed by atoms with E-state index >= 15 is 0 Å². The molecule has 0 bridgehead atoms. The van der Waals surface area contributed by atoms with Crippen molar-refractivity contribution in [2.24, 2.45) is 15.2 Å². The third-order valence-corrected chi connectivity index (χ3v) is 3.70. The van der Waals surface area contributed by atoms with Gasteiger partial charge in [-0.15, -0.1) is 0 Å². The molecule has 27 heavy (non-hydrogen) atoms. The number of aromatic nitrogens is 2. The van der Waals surface area contributed by atoms with Gasteiger partial charge < -0.3 is 5.11 Å². The van der Waals surface area contributed by atoms with Crippen LogP contribution in [0, 0.1) is 24.0 Å². The van der Waals surface area contributed by atoms with Crippen LogP contribution in [0.15, 0.2) is 57.7 Å². The van der Waals surface area contributed by atoms with Gasteiger partial charge in [0.05, 0.1) is 16.3 Å². The molecule has 0 atom stereocenters. The lowest BCUT2D eigenvalue weighted by molar-refractivity contribution is -0.384. The Labute approximate surface area is 154 Å². The highest BCUT2D eigenvalue weighted by atomic mass is 16.6. The van der Waals surface area contributed by atoms with Crippen LogP contribution >= 0.6 is 0 Å². The van der Waals surface area contributed by atoms with Crippen LogP contribution in [0.3, 0.4) is 0 Å². The van der Waals surface area contributed by atoms with Crippen LogP contribution in [0.5, 0.6) is 5.75 Å². The number of non-ortho nitro benzene ring substituents is 1. The first kappa shape index (κ1) is 17.9. The van der Waals surface area contributed by atoms with Crippen LogP contribution in [-0.2, 0) is 0 Å². The van der Waals surface area contributed by atoms with Gasteiger partial charge >= 0.3 is 0 Å². The van der Waals surface area contributed by atoms with E-state index in [0.29, 0.717) is 28.3 Å². The van der Waals surface area contributed by atoms with Gasteiger partial charge in [-0.2, -0.15) is 15.3 Å². The Morgan fingerprint density at radius 1 is 1.15 bits per heavy atom. The largest absolute Gasteiger partial charge is 0.507 e. The number of hydrogen-bond donors (Lipinski definition) is 2. The van der Waals surface area contributed by atoms with E-state index in [1.54, 1.807) is 31.2 Å². The summed E-state index contributed by atoms with van der Waals surface area (Å²) in [6, 6.07) is 10.9. The highest BCUT2D eigenvalue weighted by molar-refractivity contribution is 5.86. The molecule has 0 unspecified atom stereocenters. The number of nitrogens with zero attached hydrogens (tertiary/aromatic N) is 5. The number of nitro groups is 1. The molecule has 1 heterocycles. The first-order chi connectivity index (χ1) is 12.9. The molecule has 0 amide bonds. The van der Waals surface area contributed by atoms with Crippen LogP contribution < -0.4 is 0 Å². The molecule has 0 fully saturated rings. The number of aliphatic imine (C=N–C) groups is 1. The van der Waals surface area contributed by atoms with Crippen molar-refractivity contribution in [1.29, 1.82) is 0 Å². The molecule has 0 saturated heterocycles. The van der Waals surface area contributed by atoms with E-state index in [4.69, 9.17) is 0 Å². The van der Waals surface area contributed by atoms with Crippen molar-refractivity contribution in [3.05, 3.63) is 69.4 Å². The summed E-state index contributed by atoms with van der Waals surface area (Å²) < 4.78 is 0. The van der Waals surface area contributed by atoms with Gasteiger partial charge in [0.15, 0.2) is 5.82 Å². The second-order valence-corrected chi connectivity index (χ2v) is 5.84. The van der Waals surface area contributed by atoms with E-state index in [9.17, 15) is 15.2 Å². The first-order valence-corrected chi connectivity index (χ1v) is 7.98. The fourth-order valence-corrected chi connectivity index (χ4v) is 2.29. The number of benzene rings is 2. The monoisotopic (exact) mass is 364 g/mol. The van der Waals surface area contributed by atoms with Gasteiger partial charge in [-0.3, -0.25) is 15.2 Å². The molecular formula is C18H16N6O3. The molecule has 0 aliphatic heterocycles. The topological polar surface area (TPSA) is 129 Å². The average molecular weight is 364 g/mol. The van der Waals surface area contributed by atoms with E-state index in [1.807, 2.05) is 6.92 Å². The molecule has 0 radical (unpaired) electrons. The van der Waals surface area contributed by atoms with Crippen molar-refractivity contribution < 1.29 is 10.0 Å². The van der Waals surface area contributed by atoms with Crippen LogP contribution in [0.25, 0.3) is 0 Å². The average Bonchev–Trinajstić information content (AvgIpc) is 3.05. The summed E-state index contributed by atoms with van der Waals surface area (Å²) in [5.41, 5.74) is 3.02. The highest BCUT2D eigenvalue weighted by Crippen LogP contribution is 2.27. The lowest BCUT2D eigenvalue weighted by Gasteiger charge is -2.01. The number of nitrogens with one attached hydrogen (secondary N) is 1. The minimum Gasteiger partial charge on any atom is -0.507 e. The molecule has 2 N–H and O–H groups in total. The van der Waals surface area contributed by atoms with E-state index in [2.05, 4.69) is 25.4 Å². The maximum atomic E-state index is 10.8. The quantitative estimate of drug-likeness (QED) is 0.291. The third-order valence-electron chi connectivity index (χ3n) is 3.70. The van der Waals surface area contributed by atoms with Crippen LogP contribution in [-0.4, -0.2) is 26.4 Å². The number of nitro benzene ring substituents is 1. The summed E-state index contributed by atoms with van der Waals surface area (Å²) in [6.07, 6.45) is 1.49. The molecule has 2 aromatic carbocycles. The van der Waals surface area contributed by atoms with Gasteiger partial charge in [0.2, 0.25) is 0 Å². The van der Waals surface area contributed by atoms with Gasteiger partial charge in [-0.1, -0.05) is 0 Å². The fraction of sp³-hybridized carbons (Fsp3) is 0.111. The summed E-state index contributed by atoms with van der Waals surface area (Å²) in [5, 5.41) is 35.8. The Kier molecular flexibility index (Phi) is 5.02. The maximum absolute atomic E-state index is 10.8. The predicted octanol–water partition coefficient (Wildman–Crippen LogP) is 4.81. The molecule has 0 spiro atoms. The summed E-state index contributed by atoms with van der Waals surface area (Å²) in [6.45, 7) is 3.59. The fourth-order valence-electron chi connectivity index (χ4n) is 2.29. The maximum Gasteiger partial charge on any atom is 0.269 e. The summed E-state index contributed by atoms with van der Waals surface area (Å²) in [5.74, 6) is 0.553. The minimum atomic E-state index is -0.458. The van der Waals surface area contributed by atoms with Crippen molar-refractivity contribution in [3.63, 3.8) is 0 Å². The Morgan fingerprint density at radius 2 is 1.96 bits per heavy atom. The van der Waals surface area contributed by atoms with Crippen molar-refractivity contribution >= 4 is 29.1 Å². The zero-order valence-electron chi connectivity index (χ0n) is 14.6. The molecule has 136 valence electrons. The molecule has 9 heteroatoms. The summed E-state index contributed by atoms with van der Waals surface area (Å²) in [7, 11) is 0. The van der Waals surface area contributed by atoms with E-state index < -0.39 is 4.92 Å². The highest BCUT2D eigenvalue weighted by Gasteiger charge is 2.08. The molecule has 1 aromatic heterocycles. The second kappa shape index (κ2) is 7.56. The normalized spacial score (nSPS) is 11.5. The van der Waals surface area contributed by atoms with Gasteiger partial charge in [0.1, 0.15) is 5.75 Å². The van der Waals surface area contributed by atoms with Gasteiger partial charge in [-0.25, -0.2) is 4.99 Å². The number of phenolic OH excluding ortho intramolecular Hbond substituents is 1. The van der Waals surface area contributed by atoms with Gasteiger partial charge in [-0.05, 0) is 43.7 Å². The Bertz CT molecular complexity index is 1060. The van der Waals surface area contributed by atoms with Crippen LogP contribution in [0.2, 0.25) is 0 Å². The Morgan fingerprint density at radius 3 is 2.63 bits per heavy atom. The van der Waals surface area contributed by atoms with E-state index in [-0.39, 0.29) is 11.4 Å².